The molecule has 0 fully saturated rings. The van der Waals surface area contributed by atoms with Crippen LogP contribution in [0.4, 0.5) is 0 Å². The SMILES string of the molecule is CCCCCCCCCCCCCCCCC(OCC)(OCC)C(C)OCC. The third kappa shape index (κ3) is 14.0. The van der Waals surface area contributed by atoms with E-state index in [0.29, 0.717) is 19.8 Å². The lowest BCUT2D eigenvalue weighted by molar-refractivity contribution is -0.288. The minimum Gasteiger partial charge on any atom is -0.373 e. The normalized spacial score (nSPS) is 13.2. The first-order valence-electron chi connectivity index (χ1n) is 12.6. The fourth-order valence-corrected chi connectivity index (χ4v) is 4.06. The average molecular weight is 401 g/mol. The van der Waals surface area contributed by atoms with Crippen molar-refractivity contribution in [3.8, 4) is 0 Å². The van der Waals surface area contributed by atoms with E-state index in [2.05, 4.69) is 13.8 Å². The van der Waals surface area contributed by atoms with Gasteiger partial charge in [0.1, 0.15) is 6.10 Å². The Bertz CT molecular complexity index is 300. The van der Waals surface area contributed by atoms with Gasteiger partial charge in [0.25, 0.3) is 0 Å². The van der Waals surface area contributed by atoms with Gasteiger partial charge < -0.3 is 14.2 Å². The topological polar surface area (TPSA) is 27.7 Å². The van der Waals surface area contributed by atoms with Crippen LogP contribution in [0.15, 0.2) is 0 Å². The van der Waals surface area contributed by atoms with Gasteiger partial charge in [0.05, 0.1) is 0 Å². The summed E-state index contributed by atoms with van der Waals surface area (Å²) in [4.78, 5) is 0. The average Bonchev–Trinajstić information content (AvgIpc) is 2.68. The Labute approximate surface area is 177 Å². The van der Waals surface area contributed by atoms with Crippen LogP contribution in [0.25, 0.3) is 0 Å². The monoisotopic (exact) mass is 400 g/mol. The zero-order chi connectivity index (χ0) is 20.9. The van der Waals surface area contributed by atoms with Gasteiger partial charge >= 0.3 is 0 Å². The van der Waals surface area contributed by atoms with Crippen LogP contribution in [0.3, 0.4) is 0 Å². The van der Waals surface area contributed by atoms with Gasteiger partial charge in [-0.05, 0) is 34.1 Å². The molecule has 0 aliphatic carbocycles. The lowest BCUT2D eigenvalue weighted by Gasteiger charge is -2.38. The predicted molar refractivity (Wildman–Crippen MR) is 122 cm³/mol. The second-order valence-electron chi connectivity index (χ2n) is 8.12. The van der Waals surface area contributed by atoms with Crippen molar-refractivity contribution in [2.45, 2.75) is 143 Å². The van der Waals surface area contributed by atoms with Gasteiger partial charge in [-0.15, -0.1) is 0 Å². The maximum Gasteiger partial charge on any atom is 0.194 e. The van der Waals surface area contributed by atoms with Crippen molar-refractivity contribution in [1.82, 2.24) is 0 Å². The Balaban J connectivity index is 3.76. The molecule has 0 rings (SSSR count). The summed E-state index contributed by atoms with van der Waals surface area (Å²) in [7, 11) is 0. The van der Waals surface area contributed by atoms with E-state index in [1.165, 1.54) is 83.5 Å². The molecule has 3 heteroatoms. The van der Waals surface area contributed by atoms with Crippen molar-refractivity contribution in [3.63, 3.8) is 0 Å². The van der Waals surface area contributed by atoms with E-state index >= 15 is 0 Å². The summed E-state index contributed by atoms with van der Waals surface area (Å²) >= 11 is 0. The molecule has 3 nitrogen and oxygen atoms in total. The summed E-state index contributed by atoms with van der Waals surface area (Å²) in [6, 6.07) is 0. The summed E-state index contributed by atoms with van der Waals surface area (Å²) in [5.41, 5.74) is 0. The molecule has 0 aliphatic heterocycles. The van der Waals surface area contributed by atoms with Crippen LogP contribution in [0.2, 0.25) is 0 Å². The lowest BCUT2D eigenvalue weighted by Crippen LogP contribution is -2.47. The first-order valence-corrected chi connectivity index (χ1v) is 12.6. The summed E-state index contributed by atoms with van der Waals surface area (Å²) in [5, 5.41) is 0. The Morgan fingerprint density at radius 3 is 1.29 bits per heavy atom. The zero-order valence-corrected chi connectivity index (χ0v) is 20.0. The van der Waals surface area contributed by atoms with Gasteiger partial charge in [0, 0.05) is 26.2 Å². The minimum atomic E-state index is -0.573. The highest BCUT2D eigenvalue weighted by molar-refractivity contribution is 4.78. The van der Waals surface area contributed by atoms with Crippen molar-refractivity contribution < 1.29 is 14.2 Å². The first kappa shape index (κ1) is 27.9. The van der Waals surface area contributed by atoms with Crippen LogP contribution in [-0.2, 0) is 14.2 Å². The Kier molecular flexibility index (Phi) is 20.1. The molecule has 0 amide bonds. The second-order valence-corrected chi connectivity index (χ2v) is 8.12. The Morgan fingerprint density at radius 2 is 0.929 bits per heavy atom. The van der Waals surface area contributed by atoms with Crippen LogP contribution in [0.1, 0.15) is 131 Å². The van der Waals surface area contributed by atoms with Gasteiger partial charge in [-0.3, -0.25) is 0 Å². The fraction of sp³-hybridized carbons (Fsp3) is 1.00. The molecule has 0 heterocycles. The molecular weight excluding hydrogens is 348 g/mol. The zero-order valence-electron chi connectivity index (χ0n) is 20.0. The minimum absolute atomic E-state index is 0.0284. The third-order valence-corrected chi connectivity index (χ3v) is 5.69. The van der Waals surface area contributed by atoms with Crippen molar-refractivity contribution in [2.75, 3.05) is 19.8 Å². The molecule has 0 radical (unpaired) electrons. The van der Waals surface area contributed by atoms with E-state index in [1.807, 2.05) is 20.8 Å². The highest BCUT2D eigenvalue weighted by atomic mass is 16.7. The molecular formula is C25H52O3. The molecule has 1 unspecified atom stereocenters. The second kappa shape index (κ2) is 20.2. The Hall–Kier alpha value is -0.120. The maximum absolute atomic E-state index is 6.05. The molecule has 0 saturated heterocycles. The number of hydrogen-bond acceptors (Lipinski definition) is 3. The summed E-state index contributed by atoms with van der Waals surface area (Å²) in [5.74, 6) is -0.573. The van der Waals surface area contributed by atoms with E-state index in [0.717, 1.165) is 12.8 Å². The molecule has 0 spiro atoms. The molecule has 0 aliphatic rings. The van der Waals surface area contributed by atoms with Crippen molar-refractivity contribution in [2.24, 2.45) is 0 Å². The van der Waals surface area contributed by atoms with Gasteiger partial charge in [0.15, 0.2) is 5.79 Å². The predicted octanol–water partition coefficient (Wildman–Crippen LogP) is 8.05. The lowest BCUT2D eigenvalue weighted by atomic mass is 10.00. The molecule has 0 bridgehead atoms. The van der Waals surface area contributed by atoms with Crippen LogP contribution in [0, 0.1) is 0 Å². The van der Waals surface area contributed by atoms with Gasteiger partial charge in [-0.25, -0.2) is 0 Å². The molecule has 0 saturated carbocycles. The largest absolute Gasteiger partial charge is 0.373 e. The highest BCUT2D eigenvalue weighted by Gasteiger charge is 2.38. The summed E-state index contributed by atoms with van der Waals surface area (Å²) < 4.78 is 17.9. The smallest absolute Gasteiger partial charge is 0.194 e. The number of unbranched alkanes of at least 4 members (excludes halogenated alkanes) is 13. The fourth-order valence-electron chi connectivity index (χ4n) is 4.06. The van der Waals surface area contributed by atoms with Crippen molar-refractivity contribution in [1.29, 1.82) is 0 Å². The van der Waals surface area contributed by atoms with Gasteiger partial charge in [0.2, 0.25) is 0 Å². The van der Waals surface area contributed by atoms with Crippen molar-refractivity contribution >= 4 is 0 Å². The molecule has 0 aromatic carbocycles. The van der Waals surface area contributed by atoms with E-state index in [4.69, 9.17) is 14.2 Å². The standard InChI is InChI=1S/C25H52O3/c1-6-10-11-12-13-14-15-16-17-18-19-20-21-22-23-25(27-8-3,28-9-4)24(5)26-7-2/h24H,6-23H2,1-5H3. The highest BCUT2D eigenvalue weighted by Crippen LogP contribution is 2.28. The molecule has 0 aromatic heterocycles. The van der Waals surface area contributed by atoms with Gasteiger partial charge in [-0.1, -0.05) is 90.4 Å². The quantitative estimate of drug-likeness (QED) is 0.136. The van der Waals surface area contributed by atoms with E-state index < -0.39 is 5.79 Å². The number of ether oxygens (including phenoxy) is 3. The molecule has 1 atom stereocenters. The number of hydrogen-bond donors (Lipinski definition) is 0. The molecule has 170 valence electrons. The summed E-state index contributed by atoms with van der Waals surface area (Å²) in [6.07, 6.45) is 20.2. The van der Waals surface area contributed by atoms with E-state index in [9.17, 15) is 0 Å². The van der Waals surface area contributed by atoms with Crippen LogP contribution in [0.5, 0.6) is 0 Å². The molecule has 28 heavy (non-hydrogen) atoms. The molecule has 0 aromatic rings. The van der Waals surface area contributed by atoms with Crippen LogP contribution < -0.4 is 0 Å². The number of rotatable bonds is 22. The van der Waals surface area contributed by atoms with E-state index in [-0.39, 0.29) is 6.10 Å². The van der Waals surface area contributed by atoms with Crippen LogP contribution >= 0.6 is 0 Å². The van der Waals surface area contributed by atoms with Gasteiger partial charge in [-0.2, -0.15) is 0 Å². The van der Waals surface area contributed by atoms with Crippen LogP contribution in [-0.4, -0.2) is 31.7 Å². The van der Waals surface area contributed by atoms with E-state index in [1.54, 1.807) is 0 Å². The summed E-state index contributed by atoms with van der Waals surface area (Å²) in [6.45, 7) is 12.5. The molecule has 0 N–H and O–H groups in total. The Morgan fingerprint density at radius 1 is 0.536 bits per heavy atom. The third-order valence-electron chi connectivity index (χ3n) is 5.69. The van der Waals surface area contributed by atoms with Crippen molar-refractivity contribution in [3.05, 3.63) is 0 Å². The first-order chi connectivity index (χ1) is 13.7. The maximum atomic E-state index is 6.05.